The lowest BCUT2D eigenvalue weighted by Crippen LogP contribution is -2.12. The first kappa shape index (κ1) is 26.9. The maximum atomic E-state index is 13.6. The molecule has 3 aromatic carbocycles. The second-order valence-corrected chi connectivity index (χ2v) is 9.48. The fourth-order valence-corrected chi connectivity index (χ4v) is 3.91. The average molecular weight is 518 g/mol. The first-order valence-corrected chi connectivity index (χ1v) is 12.6. The largest absolute Gasteiger partial charge is 0.465 e. The highest BCUT2D eigenvalue weighted by atomic mass is 19.1. The lowest BCUT2D eigenvalue weighted by molar-refractivity contribution is -0.144. The van der Waals surface area contributed by atoms with E-state index in [1.165, 1.54) is 30.3 Å². The number of benzene rings is 3. The molecule has 0 saturated heterocycles. The maximum Gasteiger partial charge on any atom is 0.305 e. The van der Waals surface area contributed by atoms with Crippen molar-refractivity contribution in [3.8, 4) is 11.3 Å². The Hall–Kier alpha value is -4.20. The molecule has 0 atom stereocenters. The molecule has 1 aromatic heterocycles. The number of aromatic nitrogens is 2. The van der Waals surface area contributed by atoms with Crippen LogP contribution in [-0.4, -0.2) is 28.5 Å². The molecule has 0 aliphatic rings. The number of esters is 1. The summed E-state index contributed by atoms with van der Waals surface area (Å²) >= 11 is 0. The van der Waals surface area contributed by atoms with Crippen LogP contribution in [0.1, 0.15) is 49.2 Å². The van der Waals surface area contributed by atoms with Crippen molar-refractivity contribution in [2.45, 2.75) is 39.5 Å². The van der Waals surface area contributed by atoms with E-state index in [1.807, 2.05) is 13.8 Å². The van der Waals surface area contributed by atoms with Gasteiger partial charge in [-0.05, 0) is 85.8 Å². The predicted molar refractivity (Wildman–Crippen MR) is 143 cm³/mol. The van der Waals surface area contributed by atoms with Crippen molar-refractivity contribution in [3.63, 3.8) is 0 Å². The molecular formula is C30H29F2N3O3. The molecule has 0 aliphatic heterocycles. The van der Waals surface area contributed by atoms with Crippen LogP contribution in [0.3, 0.4) is 0 Å². The number of amides is 1. The Morgan fingerprint density at radius 2 is 1.68 bits per heavy atom. The van der Waals surface area contributed by atoms with Crippen LogP contribution in [0.15, 0.2) is 66.7 Å². The van der Waals surface area contributed by atoms with Crippen LogP contribution >= 0.6 is 0 Å². The van der Waals surface area contributed by atoms with Crippen molar-refractivity contribution in [2.75, 3.05) is 11.9 Å². The Balaban J connectivity index is 1.56. The van der Waals surface area contributed by atoms with Gasteiger partial charge in [0.15, 0.2) is 0 Å². The second kappa shape index (κ2) is 12.4. The number of carbonyl (C=O) groups excluding carboxylic acids is 2. The monoisotopic (exact) mass is 517 g/mol. The van der Waals surface area contributed by atoms with Crippen molar-refractivity contribution < 1.29 is 23.1 Å². The predicted octanol–water partition coefficient (Wildman–Crippen LogP) is 6.74. The van der Waals surface area contributed by atoms with E-state index in [9.17, 15) is 18.4 Å². The number of anilines is 1. The van der Waals surface area contributed by atoms with Gasteiger partial charge in [0.2, 0.25) is 0 Å². The quantitative estimate of drug-likeness (QED) is 0.186. The molecule has 1 N–H and O–H groups in total. The standard InChI is InChI=1S/C30H29F2N3O3/c1-19(2)18-38-28(36)9-4-3-8-26-29(20-10-13-22(31)14-11-20)35-25-15-12-21(16-27(25)34-26)30(37)33-24-7-5-6-23(32)17-24/h5-7,10-17,19H,3-4,8-9,18H2,1-2H3,(H,33,37). The van der Waals surface area contributed by atoms with Gasteiger partial charge in [0.05, 0.1) is 29.0 Å². The van der Waals surface area contributed by atoms with Crippen LogP contribution in [-0.2, 0) is 16.0 Å². The van der Waals surface area contributed by atoms with E-state index < -0.39 is 11.7 Å². The molecule has 4 rings (SSSR count). The Morgan fingerprint density at radius 3 is 2.42 bits per heavy atom. The summed E-state index contributed by atoms with van der Waals surface area (Å²) in [5.74, 6) is -1.14. The van der Waals surface area contributed by atoms with Crippen molar-refractivity contribution in [1.29, 1.82) is 0 Å². The van der Waals surface area contributed by atoms with E-state index in [1.54, 1.807) is 36.4 Å². The van der Waals surface area contributed by atoms with Crippen molar-refractivity contribution in [1.82, 2.24) is 9.97 Å². The zero-order chi connectivity index (χ0) is 27.1. The van der Waals surface area contributed by atoms with Crippen LogP contribution in [0, 0.1) is 17.6 Å². The maximum absolute atomic E-state index is 13.6. The highest BCUT2D eigenvalue weighted by Gasteiger charge is 2.15. The van der Waals surface area contributed by atoms with E-state index in [2.05, 4.69) is 5.32 Å². The van der Waals surface area contributed by atoms with Gasteiger partial charge in [-0.3, -0.25) is 9.59 Å². The van der Waals surface area contributed by atoms with E-state index >= 15 is 0 Å². The molecule has 0 spiro atoms. The number of fused-ring (bicyclic) bond motifs is 1. The van der Waals surface area contributed by atoms with Gasteiger partial charge in [-0.1, -0.05) is 19.9 Å². The fraction of sp³-hybridized carbons (Fsp3) is 0.267. The van der Waals surface area contributed by atoms with Gasteiger partial charge in [0, 0.05) is 23.2 Å². The minimum atomic E-state index is -0.446. The van der Waals surface area contributed by atoms with Crippen molar-refractivity contribution in [3.05, 3.63) is 89.6 Å². The van der Waals surface area contributed by atoms with Crippen LogP contribution in [0.5, 0.6) is 0 Å². The minimum absolute atomic E-state index is 0.226. The molecule has 1 amide bonds. The first-order chi connectivity index (χ1) is 18.3. The van der Waals surface area contributed by atoms with Gasteiger partial charge < -0.3 is 10.1 Å². The third kappa shape index (κ3) is 7.18. The average Bonchev–Trinajstić information content (AvgIpc) is 2.89. The normalized spacial score (nSPS) is 11.1. The number of carbonyl (C=O) groups is 2. The number of hydrogen-bond donors (Lipinski definition) is 1. The fourth-order valence-electron chi connectivity index (χ4n) is 3.91. The third-order valence-corrected chi connectivity index (χ3v) is 5.82. The Labute approximate surface area is 220 Å². The van der Waals surface area contributed by atoms with Gasteiger partial charge in [-0.2, -0.15) is 0 Å². The van der Waals surface area contributed by atoms with Crippen molar-refractivity contribution >= 4 is 28.6 Å². The van der Waals surface area contributed by atoms with Crippen LogP contribution < -0.4 is 5.32 Å². The summed E-state index contributed by atoms with van der Waals surface area (Å²) in [6.45, 7) is 4.37. The first-order valence-electron chi connectivity index (χ1n) is 12.6. The molecule has 196 valence electrons. The molecule has 38 heavy (non-hydrogen) atoms. The number of nitrogens with zero attached hydrogens (tertiary/aromatic N) is 2. The van der Waals surface area contributed by atoms with Crippen molar-refractivity contribution in [2.24, 2.45) is 5.92 Å². The number of aryl methyl sites for hydroxylation is 1. The Kier molecular flexibility index (Phi) is 8.73. The zero-order valence-corrected chi connectivity index (χ0v) is 21.3. The SMILES string of the molecule is CC(C)COC(=O)CCCCc1nc2cc(C(=O)Nc3cccc(F)c3)ccc2nc1-c1ccc(F)cc1. The minimum Gasteiger partial charge on any atom is -0.465 e. The number of halogens is 2. The molecule has 0 bridgehead atoms. The third-order valence-electron chi connectivity index (χ3n) is 5.82. The van der Waals surface area contributed by atoms with E-state index in [0.717, 1.165) is 5.56 Å². The molecule has 0 unspecified atom stereocenters. The number of hydrogen-bond acceptors (Lipinski definition) is 5. The molecule has 0 radical (unpaired) electrons. The van der Waals surface area contributed by atoms with E-state index in [0.29, 0.717) is 66.0 Å². The van der Waals surface area contributed by atoms with E-state index in [4.69, 9.17) is 14.7 Å². The summed E-state index contributed by atoms with van der Waals surface area (Å²) < 4.78 is 32.3. The summed E-state index contributed by atoms with van der Waals surface area (Å²) in [6, 6.07) is 16.7. The summed E-state index contributed by atoms with van der Waals surface area (Å²) in [7, 11) is 0. The molecule has 8 heteroatoms. The highest BCUT2D eigenvalue weighted by molar-refractivity contribution is 6.06. The van der Waals surface area contributed by atoms with Crippen LogP contribution in [0.2, 0.25) is 0 Å². The number of ether oxygens (including phenoxy) is 1. The molecule has 6 nitrogen and oxygen atoms in total. The number of rotatable bonds is 10. The van der Waals surface area contributed by atoms with Gasteiger partial charge in [-0.25, -0.2) is 18.7 Å². The highest BCUT2D eigenvalue weighted by Crippen LogP contribution is 2.26. The molecule has 4 aromatic rings. The van der Waals surface area contributed by atoms with Crippen LogP contribution in [0.25, 0.3) is 22.3 Å². The summed E-state index contributed by atoms with van der Waals surface area (Å²) in [4.78, 5) is 34.3. The molecule has 0 aliphatic carbocycles. The number of nitrogens with one attached hydrogen (secondary N) is 1. The van der Waals surface area contributed by atoms with Gasteiger partial charge in [-0.15, -0.1) is 0 Å². The van der Waals surface area contributed by atoms with Gasteiger partial charge in [0.1, 0.15) is 11.6 Å². The summed E-state index contributed by atoms with van der Waals surface area (Å²) in [6.07, 6.45) is 2.14. The topological polar surface area (TPSA) is 81.2 Å². The lowest BCUT2D eigenvalue weighted by Gasteiger charge is -2.12. The smallest absolute Gasteiger partial charge is 0.305 e. The Morgan fingerprint density at radius 1 is 0.895 bits per heavy atom. The van der Waals surface area contributed by atoms with Gasteiger partial charge >= 0.3 is 5.97 Å². The molecule has 1 heterocycles. The number of unbranched alkanes of at least 4 members (excludes halogenated alkanes) is 1. The second-order valence-electron chi connectivity index (χ2n) is 9.48. The summed E-state index contributed by atoms with van der Waals surface area (Å²) in [5, 5.41) is 2.68. The molecule has 0 fully saturated rings. The van der Waals surface area contributed by atoms with Crippen LogP contribution in [0.4, 0.5) is 14.5 Å². The molecular weight excluding hydrogens is 488 g/mol. The molecule has 0 saturated carbocycles. The Bertz CT molecular complexity index is 1440. The zero-order valence-electron chi connectivity index (χ0n) is 21.3. The van der Waals surface area contributed by atoms with Gasteiger partial charge in [0.25, 0.3) is 5.91 Å². The lowest BCUT2D eigenvalue weighted by atomic mass is 10.0. The summed E-state index contributed by atoms with van der Waals surface area (Å²) in [5.41, 5.74) is 3.82. The van der Waals surface area contributed by atoms with E-state index in [-0.39, 0.29) is 17.7 Å².